The number of carbonyl (C=O) groups excluding carboxylic acids is 1. The second-order valence-electron chi connectivity index (χ2n) is 5.19. The minimum absolute atomic E-state index is 0.192. The first-order valence-electron chi connectivity index (χ1n) is 5.51. The molecule has 0 unspecified atom stereocenters. The summed E-state index contributed by atoms with van der Waals surface area (Å²) in [7, 11) is 0. The number of ether oxygens (including phenoxy) is 3. The normalized spacial score (nSPS) is 42.6. The molecule has 2 heterocycles. The standard InChI is InChI=1S/C11H17BrO4/c1-10(2)7(12)4-5-11(3)8(15-10)6-14-9(13)16-11/h7-8H,4-6H2,1-3H3/t7-,8+,11+/m1/s1. The van der Waals surface area contributed by atoms with Crippen molar-refractivity contribution in [3.63, 3.8) is 0 Å². The number of cyclic esters (lactones) is 1. The van der Waals surface area contributed by atoms with E-state index in [0.717, 1.165) is 12.8 Å². The predicted octanol–water partition coefficient (Wildman–Crippen LogP) is 2.63. The van der Waals surface area contributed by atoms with Gasteiger partial charge < -0.3 is 14.2 Å². The van der Waals surface area contributed by atoms with E-state index in [0.29, 0.717) is 0 Å². The minimum Gasteiger partial charge on any atom is -0.431 e. The molecule has 2 aliphatic rings. The van der Waals surface area contributed by atoms with E-state index in [2.05, 4.69) is 15.9 Å². The van der Waals surface area contributed by atoms with Gasteiger partial charge in [-0.05, 0) is 33.6 Å². The molecule has 0 aliphatic carbocycles. The highest BCUT2D eigenvalue weighted by Crippen LogP contribution is 2.40. The smallest absolute Gasteiger partial charge is 0.431 e. The van der Waals surface area contributed by atoms with E-state index in [4.69, 9.17) is 14.2 Å². The number of halogens is 1. The molecule has 4 nitrogen and oxygen atoms in total. The van der Waals surface area contributed by atoms with Gasteiger partial charge in [0.25, 0.3) is 0 Å². The summed E-state index contributed by atoms with van der Waals surface area (Å²) in [5.41, 5.74) is -0.843. The highest BCUT2D eigenvalue weighted by Gasteiger charge is 2.50. The number of fused-ring (bicyclic) bond motifs is 1. The summed E-state index contributed by atoms with van der Waals surface area (Å²) in [6, 6.07) is 0. The molecule has 0 aromatic heterocycles. The van der Waals surface area contributed by atoms with E-state index < -0.39 is 11.8 Å². The Balaban J connectivity index is 2.22. The summed E-state index contributed by atoms with van der Waals surface area (Å²) in [5, 5.41) is 0. The SMILES string of the molecule is CC1(C)O[C@H]2COC(=O)O[C@@]2(C)CC[C@H]1Br. The Morgan fingerprint density at radius 1 is 1.38 bits per heavy atom. The Hall–Kier alpha value is -0.290. The van der Waals surface area contributed by atoms with Crippen molar-refractivity contribution in [1.29, 1.82) is 0 Å². The van der Waals surface area contributed by atoms with E-state index >= 15 is 0 Å². The van der Waals surface area contributed by atoms with Gasteiger partial charge in [0.05, 0.1) is 5.60 Å². The fourth-order valence-corrected chi connectivity index (χ4v) is 2.51. The lowest BCUT2D eigenvalue weighted by Gasteiger charge is -2.40. The van der Waals surface area contributed by atoms with Crippen LogP contribution in [0.25, 0.3) is 0 Å². The van der Waals surface area contributed by atoms with Crippen LogP contribution >= 0.6 is 15.9 Å². The van der Waals surface area contributed by atoms with Crippen molar-refractivity contribution in [2.75, 3.05) is 6.61 Å². The summed E-state index contributed by atoms with van der Waals surface area (Å²) >= 11 is 3.63. The first-order valence-corrected chi connectivity index (χ1v) is 6.43. The van der Waals surface area contributed by atoms with E-state index in [-0.39, 0.29) is 23.1 Å². The molecule has 0 saturated carbocycles. The van der Waals surface area contributed by atoms with Gasteiger partial charge in [-0.25, -0.2) is 4.79 Å². The van der Waals surface area contributed by atoms with Crippen LogP contribution in [0.3, 0.4) is 0 Å². The molecule has 5 heteroatoms. The number of rotatable bonds is 0. The van der Waals surface area contributed by atoms with Crippen LogP contribution in [-0.2, 0) is 14.2 Å². The molecule has 0 N–H and O–H groups in total. The van der Waals surface area contributed by atoms with E-state index in [1.165, 1.54) is 0 Å². The highest BCUT2D eigenvalue weighted by molar-refractivity contribution is 9.09. The predicted molar refractivity (Wildman–Crippen MR) is 61.7 cm³/mol. The zero-order chi connectivity index (χ0) is 12.0. The average molecular weight is 293 g/mol. The molecule has 0 radical (unpaired) electrons. The molecule has 16 heavy (non-hydrogen) atoms. The summed E-state index contributed by atoms with van der Waals surface area (Å²) < 4.78 is 16.2. The number of hydrogen-bond donors (Lipinski definition) is 0. The molecular formula is C11H17BrO4. The van der Waals surface area contributed by atoms with Gasteiger partial charge >= 0.3 is 6.16 Å². The summed E-state index contributed by atoms with van der Waals surface area (Å²) in [4.78, 5) is 11.4. The van der Waals surface area contributed by atoms with Crippen molar-refractivity contribution in [3.05, 3.63) is 0 Å². The largest absolute Gasteiger partial charge is 0.509 e. The van der Waals surface area contributed by atoms with Crippen molar-refractivity contribution in [3.8, 4) is 0 Å². The fourth-order valence-electron chi connectivity index (χ4n) is 2.18. The van der Waals surface area contributed by atoms with Gasteiger partial charge in [0, 0.05) is 4.83 Å². The molecule has 0 aromatic carbocycles. The maximum absolute atomic E-state index is 11.2. The van der Waals surface area contributed by atoms with Crippen LogP contribution in [0.5, 0.6) is 0 Å². The van der Waals surface area contributed by atoms with Crippen molar-refractivity contribution < 1.29 is 19.0 Å². The van der Waals surface area contributed by atoms with Crippen LogP contribution in [0.2, 0.25) is 0 Å². The Labute approximate surface area is 104 Å². The zero-order valence-electron chi connectivity index (χ0n) is 9.79. The monoisotopic (exact) mass is 292 g/mol. The maximum Gasteiger partial charge on any atom is 0.509 e. The molecule has 0 spiro atoms. The van der Waals surface area contributed by atoms with E-state index in [1.54, 1.807) is 0 Å². The van der Waals surface area contributed by atoms with Crippen LogP contribution < -0.4 is 0 Å². The lowest BCUT2D eigenvalue weighted by atomic mass is 9.92. The Morgan fingerprint density at radius 3 is 2.75 bits per heavy atom. The Bertz CT molecular complexity index is 304. The summed E-state index contributed by atoms with van der Waals surface area (Å²) in [6.45, 7) is 6.26. The van der Waals surface area contributed by atoms with Gasteiger partial charge in [0.1, 0.15) is 18.3 Å². The Morgan fingerprint density at radius 2 is 2.06 bits per heavy atom. The average Bonchev–Trinajstić information content (AvgIpc) is 2.26. The molecule has 2 aliphatic heterocycles. The molecule has 3 atom stereocenters. The molecule has 2 fully saturated rings. The number of carbonyl (C=O) groups is 1. The maximum atomic E-state index is 11.2. The highest BCUT2D eigenvalue weighted by atomic mass is 79.9. The van der Waals surface area contributed by atoms with Crippen LogP contribution in [0.4, 0.5) is 4.79 Å². The van der Waals surface area contributed by atoms with Gasteiger partial charge in [-0.3, -0.25) is 0 Å². The van der Waals surface area contributed by atoms with Gasteiger partial charge in [-0.2, -0.15) is 0 Å². The quantitative estimate of drug-likeness (QED) is 0.509. The van der Waals surface area contributed by atoms with Crippen LogP contribution in [-0.4, -0.2) is 34.9 Å². The number of alkyl halides is 1. The number of hydrogen-bond acceptors (Lipinski definition) is 4. The first-order chi connectivity index (χ1) is 7.33. The van der Waals surface area contributed by atoms with Gasteiger partial charge in [-0.15, -0.1) is 0 Å². The Kier molecular flexibility index (Phi) is 2.95. The molecule has 2 saturated heterocycles. The summed E-state index contributed by atoms with van der Waals surface area (Å²) in [5.74, 6) is 0. The molecular weight excluding hydrogens is 276 g/mol. The lowest BCUT2D eigenvalue weighted by molar-refractivity contribution is -0.197. The van der Waals surface area contributed by atoms with Crippen molar-refractivity contribution >= 4 is 22.1 Å². The molecule has 0 amide bonds. The third-order valence-electron chi connectivity index (χ3n) is 3.44. The van der Waals surface area contributed by atoms with E-state index in [9.17, 15) is 4.79 Å². The minimum atomic E-state index is -0.590. The van der Waals surface area contributed by atoms with Crippen molar-refractivity contribution in [2.45, 2.75) is 55.7 Å². The van der Waals surface area contributed by atoms with Crippen LogP contribution in [0, 0.1) is 0 Å². The van der Waals surface area contributed by atoms with Gasteiger partial charge in [0.15, 0.2) is 0 Å². The van der Waals surface area contributed by atoms with Crippen molar-refractivity contribution in [1.82, 2.24) is 0 Å². The van der Waals surface area contributed by atoms with Gasteiger partial charge in [-0.1, -0.05) is 15.9 Å². The van der Waals surface area contributed by atoms with Crippen molar-refractivity contribution in [2.24, 2.45) is 0 Å². The fraction of sp³-hybridized carbons (Fsp3) is 0.909. The molecule has 0 aromatic rings. The zero-order valence-corrected chi connectivity index (χ0v) is 11.4. The first kappa shape index (κ1) is 12.2. The van der Waals surface area contributed by atoms with Crippen LogP contribution in [0.1, 0.15) is 33.6 Å². The third kappa shape index (κ3) is 2.07. The molecule has 2 rings (SSSR count). The third-order valence-corrected chi connectivity index (χ3v) is 5.01. The second-order valence-corrected chi connectivity index (χ2v) is 6.30. The molecule has 0 bridgehead atoms. The summed E-state index contributed by atoms with van der Waals surface area (Å²) in [6.07, 6.45) is 0.912. The topological polar surface area (TPSA) is 44.8 Å². The van der Waals surface area contributed by atoms with E-state index in [1.807, 2.05) is 20.8 Å². The van der Waals surface area contributed by atoms with Gasteiger partial charge in [0.2, 0.25) is 0 Å². The molecule has 92 valence electrons. The van der Waals surface area contributed by atoms with Crippen LogP contribution in [0.15, 0.2) is 0 Å². The second kappa shape index (κ2) is 3.88. The lowest BCUT2D eigenvalue weighted by Crippen LogP contribution is -2.53.